The molecule has 1 saturated heterocycles. The van der Waals surface area contributed by atoms with E-state index in [1.165, 1.54) is 17.5 Å². The Bertz CT molecular complexity index is 971. The van der Waals surface area contributed by atoms with Gasteiger partial charge in [-0.05, 0) is 37.1 Å². The number of hydrogen-bond acceptors (Lipinski definition) is 6. The number of pyridine rings is 1. The fourth-order valence-corrected chi connectivity index (χ4v) is 5.24. The molecule has 0 bridgehead atoms. The van der Waals surface area contributed by atoms with Crippen molar-refractivity contribution in [1.82, 2.24) is 14.7 Å². The van der Waals surface area contributed by atoms with E-state index in [9.17, 15) is 13.6 Å². The number of aromatic nitrogens is 1. The Balaban J connectivity index is 1.57. The van der Waals surface area contributed by atoms with Crippen LogP contribution < -0.4 is 10.2 Å². The largest absolute Gasteiger partial charge is 0.593 e. The van der Waals surface area contributed by atoms with Gasteiger partial charge in [0.15, 0.2) is 15.3 Å². The van der Waals surface area contributed by atoms with Gasteiger partial charge in [0.25, 0.3) is 5.91 Å². The molecule has 1 N–H and O–H groups in total. The first-order valence-corrected chi connectivity index (χ1v) is 10.3. The molecule has 1 aromatic heterocycles. The molecule has 2 aromatic rings. The fourth-order valence-electron chi connectivity index (χ4n) is 3.76. The van der Waals surface area contributed by atoms with E-state index in [0.717, 1.165) is 5.56 Å². The van der Waals surface area contributed by atoms with Crippen LogP contribution in [0.25, 0.3) is 0 Å². The highest BCUT2D eigenvalue weighted by molar-refractivity contribution is 7.95. The van der Waals surface area contributed by atoms with Crippen LogP contribution in [0.1, 0.15) is 18.4 Å². The molecule has 146 valence electrons. The van der Waals surface area contributed by atoms with Gasteiger partial charge in [-0.3, -0.25) is 9.78 Å². The summed E-state index contributed by atoms with van der Waals surface area (Å²) in [6.07, 6.45) is 4.03. The molecule has 1 amide bonds. The lowest BCUT2D eigenvalue weighted by Crippen LogP contribution is -2.51. The number of ether oxygens (including phenoxy) is 1. The molecule has 0 aliphatic carbocycles. The van der Waals surface area contributed by atoms with Crippen molar-refractivity contribution in [3.05, 3.63) is 54.4 Å². The van der Waals surface area contributed by atoms with Crippen LogP contribution in [0.4, 0.5) is 0 Å². The molecule has 0 saturated carbocycles. The molecule has 0 radical (unpaired) electrons. The van der Waals surface area contributed by atoms with Crippen LogP contribution in [0.2, 0.25) is 0 Å². The topological polar surface area (TPSA) is 107 Å². The number of piperidine rings is 1. The van der Waals surface area contributed by atoms with E-state index < -0.39 is 15.8 Å². The third-order valence-electron chi connectivity index (χ3n) is 5.37. The summed E-state index contributed by atoms with van der Waals surface area (Å²) in [7, 11) is -2.17. The van der Waals surface area contributed by atoms with Crippen molar-refractivity contribution >= 4 is 22.0 Å². The number of nitrogens with one attached hydrogen (secondary N) is 1. The number of sulfonamides is 1. The Morgan fingerprint density at radius 1 is 1.21 bits per heavy atom. The molecule has 8 nitrogen and oxygen atoms in total. The number of benzene rings is 1. The van der Waals surface area contributed by atoms with Crippen molar-refractivity contribution < 1.29 is 18.3 Å². The van der Waals surface area contributed by atoms with E-state index in [4.69, 9.17) is 4.74 Å². The van der Waals surface area contributed by atoms with E-state index in [1.807, 2.05) is 0 Å². The molecular weight excluding hydrogens is 380 g/mol. The second-order valence-corrected chi connectivity index (χ2v) is 8.74. The average Bonchev–Trinajstić information content (AvgIpc) is 3.04. The standard InChI is InChI=1S/C19H20N4O4S/c1-27-15-3-2-4-16(13-15)28(25,26)23-11-7-19(8-12-23)17(21-22-18(19)24)14-5-9-20-10-6-14/h2-6,9-10,13H,7-8,11-12H2,1H3,(H-,20,22,24,25,26). The van der Waals surface area contributed by atoms with Crippen molar-refractivity contribution in [2.24, 2.45) is 10.5 Å². The molecule has 1 aromatic carbocycles. The summed E-state index contributed by atoms with van der Waals surface area (Å²) < 4.78 is 32.6. The van der Waals surface area contributed by atoms with Gasteiger partial charge in [0.2, 0.25) is 0 Å². The smallest absolute Gasteiger partial charge is 0.252 e. The Morgan fingerprint density at radius 2 is 1.93 bits per heavy atom. The quantitative estimate of drug-likeness (QED) is 0.785. The van der Waals surface area contributed by atoms with E-state index in [1.54, 1.807) is 42.7 Å². The predicted octanol–water partition coefficient (Wildman–Crippen LogP) is 1.61. The Morgan fingerprint density at radius 3 is 2.61 bits per heavy atom. The van der Waals surface area contributed by atoms with Crippen molar-refractivity contribution in [2.75, 3.05) is 20.2 Å². The van der Waals surface area contributed by atoms with E-state index in [-0.39, 0.29) is 23.9 Å². The maximum Gasteiger partial charge on any atom is 0.252 e. The zero-order valence-corrected chi connectivity index (χ0v) is 16.1. The lowest BCUT2D eigenvalue weighted by atomic mass is 9.73. The Hall–Kier alpha value is -2.62. The monoisotopic (exact) mass is 400 g/mol. The summed E-state index contributed by atoms with van der Waals surface area (Å²) in [6, 6.07) is 10.0. The number of hydrazone groups is 1. The van der Waals surface area contributed by atoms with Crippen LogP contribution in [0.5, 0.6) is 5.75 Å². The lowest BCUT2D eigenvalue weighted by molar-refractivity contribution is -0.127. The third-order valence-corrected chi connectivity index (χ3v) is 7.26. The summed E-state index contributed by atoms with van der Waals surface area (Å²) in [5.41, 5.74) is 3.22. The van der Waals surface area contributed by atoms with Crippen molar-refractivity contribution in [3.8, 4) is 5.75 Å². The highest BCUT2D eigenvalue weighted by Crippen LogP contribution is 2.40. The number of rotatable bonds is 4. The highest BCUT2D eigenvalue weighted by Gasteiger charge is 2.52. The van der Waals surface area contributed by atoms with Crippen LogP contribution in [-0.2, 0) is 19.4 Å². The normalized spacial score (nSPS) is 21.1. The van der Waals surface area contributed by atoms with E-state index >= 15 is 0 Å². The molecule has 1 fully saturated rings. The summed E-state index contributed by atoms with van der Waals surface area (Å²) in [6.45, 7) is 0.466. The maximum absolute atomic E-state index is 13.0. The summed E-state index contributed by atoms with van der Waals surface area (Å²) in [5.74, 6) is 0.301. The van der Waals surface area contributed by atoms with Crippen LogP contribution in [0.3, 0.4) is 0 Å². The molecular formula is C19H20N4O4S. The molecule has 1 atom stereocenters. The van der Waals surface area contributed by atoms with Gasteiger partial charge >= 0.3 is 0 Å². The van der Waals surface area contributed by atoms with Gasteiger partial charge in [0.05, 0.1) is 18.2 Å². The number of hydrogen-bond donors (Lipinski definition) is 1. The molecule has 1 spiro atoms. The summed E-state index contributed by atoms with van der Waals surface area (Å²) in [5, 5.41) is 4.24. The molecule has 1 unspecified atom stereocenters. The lowest BCUT2D eigenvalue weighted by Gasteiger charge is -2.38. The van der Waals surface area contributed by atoms with Gasteiger partial charge in [-0.1, -0.05) is 10.3 Å². The van der Waals surface area contributed by atoms with E-state index in [0.29, 0.717) is 24.3 Å². The van der Waals surface area contributed by atoms with Gasteiger partial charge < -0.3 is 9.29 Å². The number of amides is 1. The van der Waals surface area contributed by atoms with Gasteiger partial charge in [-0.15, -0.1) is 4.31 Å². The second-order valence-electron chi connectivity index (χ2n) is 6.80. The third kappa shape index (κ3) is 3.01. The highest BCUT2D eigenvalue weighted by atomic mass is 32.3. The summed E-state index contributed by atoms with van der Waals surface area (Å²) >= 11 is 0. The van der Waals surface area contributed by atoms with Crippen LogP contribution in [-0.4, -0.2) is 45.7 Å². The minimum Gasteiger partial charge on any atom is -0.593 e. The SMILES string of the molecule is COc1cccc([S+](=O)([O-])N2CCC3(CC2)C(=O)NN=C3c2ccncc2)c1. The Labute approximate surface area is 164 Å². The first kappa shape index (κ1) is 18.7. The first-order chi connectivity index (χ1) is 13.5. The number of nitrogens with zero attached hydrogens (tertiary/aromatic N) is 3. The number of carbonyl (C=O) groups excluding carboxylic acids is 1. The number of carbonyl (C=O) groups is 1. The molecule has 28 heavy (non-hydrogen) atoms. The van der Waals surface area contributed by atoms with Crippen molar-refractivity contribution in [3.63, 3.8) is 0 Å². The molecule has 9 heteroatoms. The van der Waals surface area contributed by atoms with Gasteiger partial charge in [0, 0.05) is 37.1 Å². The van der Waals surface area contributed by atoms with Crippen LogP contribution in [0, 0.1) is 5.41 Å². The van der Waals surface area contributed by atoms with Gasteiger partial charge in [-0.2, -0.15) is 5.10 Å². The zero-order chi connectivity index (χ0) is 19.8. The first-order valence-electron chi connectivity index (χ1n) is 8.91. The molecule has 2 aliphatic rings. The Kier molecular flexibility index (Phi) is 4.74. The van der Waals surface area contributed by atoms with Gasteiger partial charge in [-0.25, -0.2) is 5.43 Å². The minimum atomic E-state index is -3.67. The van der Waals surface area contributed by atoms with Crippen LogP contribution in [0.15, 0.2) is 58.8 Å². The van der Waals surface area contributed by atoms with Crippen molar-refractivity contribution in [1.29, 1.82) is 0 Å². The van der Waals surface area contributed by atoms with E-state index in [2.05, 4.69) is 15.5 Å². The predicted molar refractivity (Wildman–Crippen MR) is 102 cm³/mol. The fraction of sp³-hybridized carbons (Fsp3) is 0.316. The molecule has 3 heterocycles. The maximum atomic E-state index is 13.0. The average molecular weight is 400 g/mol. The van der Waals surface area contributed by atoms with Gasteiger partial charge in [0.1, 0.15) is 5.75 Å². The minimum absolute atomic E-state index is 0.182. The van der Waals surface area contributed by atoms with Crippen LogP contribution >= 0.6 is 0 Å². The molecule has 4 rings (SSSR count). The second kappa shape index (κ2) is 7.08. The zero-order valence-electron chi connectivity index (χ0n) is 15.3. The number of methoxy groups -OCH3 is 1. The van der Waals surface area contributed by atoms with Crippen molar-refractivity contribution in [2.45, 2.75) is 17.7 Å². The summed E-state index contributed by atoms with van der Waals surface area (Å²) in [4.78, 5) is 16.8. The molecule has 2 aliphatic heterocycles.